The molecule has 1 aliphatic carbocycles. The molecule has 0 bridgehead atoms. The molecule has 0 aliphatic heterocycles. The molecule has 0 unspecified atom stereocenters. The molecule has 4 nitrogen and oxygen atoms in total. The van der Waals surface area contributed by atoms with E-state index in [-0.39, 0.29) is 30.8 Å². The monoisotopic (exact) mass is 199 g/mol. The van der Waals surface area contributed by atoms with Crippen LogP contribution in [0.15, 0.2) is 0 Å². The van der Waals surface area contributed by atoms with Gasteiger partial charge in [0, 0.05) is 12.6 Å². The Morgan fingerprint density at radius 3 is 2.43 bits per heavy atom. The molecule has 0 aromatic carbocycles. The number of carbonyl (C=O) groups excluding carboxylic acids is 2. The van der Waals surface area contributed by atoms with E-state index >= 15 is 0 Å². The van der Waals surface area contributed by atoms with Crippen molar-refractivity contribution in [3.05, 3.63) is 0 Å². The molecule has 0 atom stereocenters. The minimum Gasteiger partial charge on any atom is -0.395 e. The van der Waals surface area contributed by atoms with Gasteiger partial charge in [0.15, 0.2) is 0 Å². The number of aliphatic hydroxyl groups is 1. The molecule has 1 rings (SSSR count). The first kappa shape index (κ1) is 11.2. The molecule has 1 fully saturated rings. The zero-order valence-electron chi connectivity index (χ0n) is 8.53. The molecule has 80 valence electrons. The second kappa shape index (κ2) is 5.10. The van der Waals surface area contributed by atoms with Crippen LogP contribution in [0.25, 0.3) is 0 Å². The standard InChI is InChI=1S/C10H17NO3/c1-8(13)7-10(14)11(5-6-12)9-3-2-4-9/h9,12H,2-7H2,1H3. The van der Waals surface area contributed by atoms with E-state index in [1.54, 1.807) is 4.90 Å². The second-order valence-electron chi connectivity index (χ2n) is 3.77. The van der Waals surface area contributed by atoms with Crippen molar-refractivity contribution < 1.29 is 14.7 Å². The number of carbonyl (C=O) groups is 2. The van der Waals surface area contributed by atoms with Crippen LogP contribution in [0.2, 0.25) is 0 Å². The zero-order valence-corrected chi connectivity index (χ0v) is 8.53. The van der Waals surface area contributed by atoms with Crippen LogP contribution in [-0.2, 0) is 9.59 Å². The van der Waals surface area contributed by atoms with Crippen molar-refractivity contribution in [3.63, 3.8) is 0 Å². The summed E-state index contributed by atoms with van der Waals surface area (Å²) in [5.41, 5.74) is 0. The van der Waals surface area contributed by atoms with E-state index in [1.807, 2.05) is 0 Å². The van der Waals surface area contributed by atoms with Crippen LogP contribution in [0.5, 0.6) is 0 Å². The lowest BCUT2D eigenvalue weighted by atomic mass is 9.91. The molecule has 4 heteroatoms. The van der Waals surface area contributed by atoms with Gasteiger partial charge < -0.3 is 10.0 Å². The maximum absolute atomic E-state index is 11.6. The van der Waals surface area contributed by atoms with Crippen molar-refractivity contribution in [2.45, 2.75) is 38.6 Å². The number of aliphatic hydroxyl groups excluding tert-OH is 1. The average Bonchev–Trinajstić information content (AvgIpc) is 1.98. The lowest BCUT2D eigenvalue weighted by Crippen LogP contribution is -2.46. The minimum absolute atomic E-state index is 0.0276. The third-order valence-electron chi connectivity index (χ3n) is 2.58. The Bertz CT molecular complexity index is 223. The summed E-state index contributed by atoms with van der Waals surface area (Å²) in [6.45, 7) is 1.74. The molecule has 1 amide bonds. The highest BCUT2D eigenvalue weighted by Gasteiger charge is 2.28. The lowest BCUT2D eigenvalue weighted by Gasteiger charge is -2.37. The van der Waals surface area contributed by atoms with Gasteiger partial charge in [0.1, 0.15) is 5.78 Å². The molecule has 0 spiro atoms. The normalized spacial score (nSPS) is 16.1. The third kappa shape index (κ3) is 2.80. The molecule has 0 aromatic rings. The van der Waals surface area contributed by atoms with Crippen LogP contribution in [-0.4, -0.2) is 40.9 Å². The first-order valence-corrected chi connectivity index (χ1v) is 5.05. The number of rotatable bonds is 5. The molecule has 0 aromatic heterocycles. The zero-order chi connectivity index (χ0) is 10.6. The molecule has 0 saturated heterocycles. The van der Waals surface area contributed by atoms with Crippen LogP contribution in [0.4, 0.5) is 0 Å². The summed E-state index contributed by atoms with van der Waals surface area (Å²) in [7, 11) is 0. The highest BCUT2D eigenvalue weighted by atomic mass is 16.3. The van der Waals surface area contributed by atoms with Crippen LogP contribution in [0, 0.1) is 0 Å². The topological polar surface area (TPSA) is 57.6 Å². The maximum Gasteiger partial charge on any atom is 0.230 e. The smallest absolute Gasteiger partial charge is 0.230 e. The summed E-state index contributed by atoms with van der Waals surface area (Å²) in [6, 6.07) is 0.258. The van der Waals surface area contributed by atoms with Crippen LogP contribution in [0.3, 0.4) is 0 Å². The van der Waals surface area contributed by atoms with Gasteiger partial charge in [0.2, 0.25) is 5.91 Å². The van der Waals surface area contributed by atoms with Crippen molar-refractivity contribution in [1.82, 2.24) is 4.90 Å². The van der Waals surface area contributed by atoms with E-state index in [2.05, 4.69) is 0 Å². The number of nitrogens with zero attached hydrogens (tertiary/aromatic N) is 1. The molecule has 1 saturated carbocycles. The average molecular weight is 199 g/mol. The van der Waals surface area contributed by atoms with Crippen molar-refractivity contribution in [2.75, 3.05) is 13.2 Å². The number of hydrogen-bond acceptors (Lipinski definition) is 3. The van der Waals surface area contributed by atoms with Gasteiger partial charge in [-0.05, 0) is 26.2 Å². The van der Waals surface area contributed by atoms with E-state index in [1.165, 1.54) is 6.92 Å². The molecule has 0 radical (unpaired) electrons. The maximum atomic E-state index is 11.6. The van der Waals surface area contributed by atoms with Gasteiger partial charge in [-0.25, -0.2) is 0 Å². The summed E-state index contributed by atoms with van der Waals surface area (Å²) >= 11 is 0. The van der Waals surface area contributed by atoms with Gasteiger partial charge in [0.05, 0.1) is 13.0 Å². The second-order valence-corrected chi connectivity index (χ2v) is 3.77. The fourth-order valence-electron chi connectivity index (χ4n) is 1.63. The summed E-state index contributed by atoms with van der Waals surface area (Å²) in [5.74, 6) is -0.256. The van der Waals surface area contributed by atoms with Crippen molar-refractivity contribution in [1.29, 1.82) is 0 Å². The molecule has 1 N–H and O–H groups in total. The van der Waals surface area contributed by atoms with E-state index in [9.17, 15) is 9.59 Å². The molecule has 0 heterocycles. The van der Waals surface area contributed by atoms with Gasteiger partial charge in [-0.1, -0.05) is 0 Å². The fraction of sp³-hybridized carbons (Fsp3) is 0.800. The van der Waals surface area contributed by atoms with Crippen molar-refractivity contribution in [3.8, 4) is 0 Å². The lowest BCUT2D eigenvalue weighted by molar-refractivity contribution is -0.138. The summed E-state index contributed by atoms with van der Waals surface area (Å²) in [6.07, 6.45) is 3.11. The highest BCUT2D eigenvalue weighted by molar-refractivity contribution is 5.96. The van der Waals surface area contributed by atoms with Gasteiger partial charge in [-0.3, -0.25) is 9.59 Å². The minimum atomic E-state index is -0.142. The van der Waals surface area contributed by atoms with Gasteiger partial charge in [-0.2, -0.15) is 0 Å². The quantitative estimate of drug-likeness (QED) is 0.649. The summed E-state index contributed by atoms with van der Waals surface area (Å²) < 4.78 is 0. The molecule has 14 heavy (non-hydrogen) atoms. The SMILES string of the molecule is CC(=O)CC(=O)N(CCO)C1CCC1. The Kier molecular flexibility index (Phi) is 4.07. The van der Waals surface area contributed by atoms with Crippen molar-refractivity contribution in [2.24, 2.45) is 0 Å². The van der Waals surface area contributed by atoms with E-state index in [4.69, 9.17) is 5.11 Å². The fourth-order valence-corrected chi connectivity index (χ4v) is 1.63. The van der Waals surface area contributed by atoms with E-state index < -0.39 is 0 Å². The third-order valence-corrected chi connectivity index (χ3v) is 2.58. The number of amides is 1. The first-order valence-electron chi connectivity index (χ1n) is 5.05. The number of ketones is 1. The van der Waals surface area contributed by atoms with Gasteiger partial charge in [-0.15, -0.1) is 0 Å². The predicted octanol–water partition coefficient (Wildman–Crippen LogP) is 0.339. The van der Waals surface area contributed by atoms with Crippen LogP contribution < -0.4 is 0 Å². The Balaban J connectivity index is 2.47. The molecular weight excluding hydrogens is 182 g/mol. The van der Waals surface area contributed by atoms with Crippen LogP contribution >= 0.6 is 0 Å². The van der Waals surface area contributed by atoms with Gasteiger partial charge in [0.25, 0.3) is 0 Å². The van der Waals surface area contributed by atoms with E-state index in [0.717, 1.165) is 19.3 Å². The highest BCUT2D eigenvalue weighted by Crippen LogP contribution is 2.24. The Morgan fingerprint density at radius 2 is 2.07 bits per heavy atom. The Morgan fingerprint density at radius 1 is 1.43 bits per heavy atom. The largest absolute Gasteiger partial charge is 0.395 e. The molecular formula is C10H17NO3. The number of Topliss-reactive ketones (excluding diaryl/α,β-unsaturated/α-hetero) is 1. The summed E-state index contributed by atoms with van der Waals surface area (Å²) in [5, 5.41) is 8.81. The first-order chi connectivity index (χ1) is 6.65. The Labute approximate surface area is 83.9 Å². The van der Waals surface area contributed by atoms with Crippen molar-refractivity contribution >= 4 is 11.7 Å². The molecule has 1 aliphatic rings. The summed E-state index contributed by atoms with van der Waals surface area (Å²) in [4.78, 5) is 24.0. The van der Waals surface area contributed by atoms with E-state index in [0.29, 0.717) is 6.54 Å². The van der Waals surface area contributed by atoms with Gasteiger partial charge >= 0.3 is 0 Å². The predicted molar refractivity (Wildman–Crippen MR) is 51.7 cm³/mol. The Hall–Kier alpha value is -0.900. The van der Waals surface area contributed by atoms with Crippen LogP contribution in [0.1, 0.15) is 32.6 Å². The number of hydrogen-bond donors (Lipinski definition) is 1.